The molecule has 0 saturated carbocycles. The van der Waals surface area contributed by atoms with E-state index in [0.29, 0.717) is 5.56 Å². The molecule has 1 amide bonds. The SMILES string of the molecule is Cc1ccc(C(=O)NC(C)(C)C#N)cc1. The van der Waals surface area contributed by atoms with E-state index in [1.54, 1.807) is 26.0 Å². The van der Waals surface area contributed by atoms with Gasteiger partial charge in [-0.1, -0.05) is 17.7 Å². The first kappa shape index (κ1) is 11.3. The van der Waals surface area contributed by atoms with Crippen LogP contribution in [0.1, 0.15) is 29.8 Å². The molecule has 0 heterocycles. The van der Waals surface area contributed by atoms with Gasteiger partial charge in [0.2, 0.25) is 0 Å². The van der Waals surface area contributed by atoms with Crippen LogP contribution in [0.25, 0.3) is 0 Å². The molecular formula is C12H14N2O. The van der Waals surface area contributed by atoms with E-state index in [2.05, 4.69) is 5.32 Å². The molecule has 1 aromatic rings. The first-order valence-electron chi connectivity index (χ1n) is 4.75. The summed E-state index contributed by atoms with van der Waals surface area (Å²) in [6, 6.07) is 9.26. The minimum Gasteiger partial charge on any atom is -0.334 e. The van der Waals surface area contributed by atoms with E-state index in [-0.39, 0.29) is 5.91 Å². The number of benzene rings is 1. The second kappa shape index (κ2) is 4.14. The molecule has 0 fully saturated rings. The number of amides is 1. The molecule has 0 bridgehead atoms. The molecule has 0 spiro atoms. The van der Waals surface area contributed by atoms with Crippen LogP contribution in [0.15, 0.2) is 24.3 Å². The number of carbonyl (C=O) groups excluding carboxylic acids is 1. The Balaban J connectivity index is 2.79. The normalized spacial score (nSPS) is 10.5. The van der Waals surface area contributed by atoms with E-state index in [0.717, 1.165) is 5.56 Å². The van der Waals surface area contributed by atoms with Gasteiger partial charge in [-0.05, 0) is 32.9 Å². The molecular weight excluding hydrogens is 188 g/mol. The summed E-state index contributed by atoms with van der Waals surface area (Å²) in [4.78, 5) is 11.7. The summed E-state index contributed by atoms with van der Waals surface area (Å²) < 4.78 is 0. The van der Waals surface area contributed by atoms with E-state index in [1.807, 2.05) is 25.1 Å². The van der Waals surface area contributed by atoms with Crippen molar-refractivity contribution in [2.45, 2.75) is 26.3 Å². The third-order valence-electron chi connectivity index (χ3n) is 2.02. The summed E-state index contributed by atoms with van der Waals surface area (Å²) in [6.07, 6.45) is 0. The van der Waals surface area contributed by atoms with Crippen LogP contribution < -0.4 is 5.32 Å². The van der Waals surface area contributed by atoms with Gasteiger partial charge in [-0.25, -0.2) is 0 Å². The zero-order valence-corrected chi connectivity index (χ0v) is 9.16. The number of hydrogen-bond donors (Lipinski definition) is 1. The highest BCUT2D eigenvalue weighted by Gasteiger charge is 2.19. The fourth-order valence-corrected chi connectivity index (χ4v) is 1.09. The molecule has 1 N–H and O–H groups in total. The Bertz CT molecular complexity index is 399. The van der Waals surface area contributed by atoms with Crippen molar-refractivity contribution in [2.75, 3.05) is 0 Å². The fourth-order valence-electron chi connectivity index (χ4n) is 1.09. The predicted molar refractivity (Wildman–Crippen MR) is 58.3 cm³/mol. The van der Waals surface area contributed by atoms with Crippen molar-refractivity contribution in [1.82, 2.24) is 5.32 Å². The zero-order chi connectivity index (χ0) is 11.5. The number of aryl methyl sites for hydroxylation is 1. The van der Waals surface area contributed by atoms with Gasteiger partial charge in [0.15, 0.2) is 0 Å². The van der Waals surface area contributed by atoms with Gasteiger partial charge in [-0.2, -0.15) is 5.26 Å². The third-order valence-corrected chi connectivity index (χ3v) is 2.02. The van der Waals surface area contributed by atoms with Gasteiger partial charge in [0.05, 0.1) is 6.07 Å². The van der Waals surface area contributed by atoms with Gasteiger partial charge in [-0.15, -0.1) is 0 Å². The maximum absolute atomic E-state index is 11.7. The van der Waals surface area contributed by atoms with Gasteiger partial charge < -0.3 is 5.32 Å². The Morgan fingerprint density at radius 1 is 1.33 bits per heavy atom. The van der Waals surface area contributed by atoms with Crippen molar-refractivity contribution < 1.29 is 4.79 Å². The van der Waals surface area contributed by atoms with E-state index in [1.165, 1.54) is 0 Å². The second-order valence-corrected chi connectivity index (χ2v) is 4.06. The number of nitrogens with one attached hydrogen (secondary N) is 1. The van der Waals surface area contributed by atoms with Crippen LogP contribution in [0.5, 0.6) is 0 Å². The largest absolute Gasteiger partial charge is 0.334 e. The number of hydrogen-bond acceptors (Lipinski definition) is 2. The Hall–Kier alpha value is -1.82. The molecule has 0 atom stereocenters. The molecule has 0 unspecified atom stereocenters. The highest BCUT2D eigenvalue weighted by atomic mass is 16.1. The molecule has 0 aromatic heterocycles. The average Bonchev–Trinajstić information content (AvgIpc) is 2.18. The van der Waals surface area contributed by atoms with Gasteiger partial charge >= 0.3 is 0 Å². The molecule has 0 aliphatic rings. The number of rotatable bonds is 2. The van der Waals surface area contributed by atoms with E-state index < -0.39 is 5.54 Å². The van der Waals surface area contributed by atoms with Crippen LogP contribution in [0.4, 0.5) is 0 Å². The summed E-state index contributed by atoms with van der Waals surface area (Å²) in [5.74, 6) is -0.221. The molecule has 0 saturated heterocycles. The van der Waals surface area contributed by atoms with Crippen LogP contribution in [-0.4, -0.2) is 11.4 Å². The lowest BCUT2D eigenvalue weighted by molar-refractivity contribution is 0.0929. The fraction of sp³-hybridized carbons (Fsp3) is 0.333. The van der Waals surface area contributed by atoms with Crippen molar-refractivity contribution in [3.05, 3.63) is 35.4 Å². The van der Waals surface area contributed by atoms with Crippen LogP contribution in [0, 0.1) is 18.3 Å². The Kier molecular flexibility index (Phi) is 3.11. The Morgan fingerprint density at radius 3 is 2.33 bits per heavy atom. The molecule has 3 heteroatoms. The summed E-state index contributed by atoms with van der Waals surface area (Å²) in [7, 11) is 0. The van der Waals surface area contributed by atoms with Crippen molar-refractivity contribution in [3.63, 3.8) is 0 Å². The lowest BCUT2D eigenvalue weighted by atomic mass is 10.1. The maximum atomic E-state index is 11.7. The summed E-state index contributed by atoms with van der Waals surface area (Å²) >= 11 is 0. The first-order chi connectivity index (χ1) is 6.94. The minimum absolute atomic E-state index is 0.221. The standard InChI is InChI=1S/C12H14N2O/c1-9-4-6-10(7-5-9)11(15)14-12(2,3)8-13/h4-7H,1-3H3,(H,14,15). The highest BCUT2D eigenvalue weighted by molar-refractivity contribution is 5.94. The van der Waals surface area contributed by atoms with Crippen LogP contribution >= 0.6 is 0 Å². The van der Waals surface area contributed by atoms with Crippen molar-refractivity contribution in [1.29, 1.82) is 5.26 Å². The highest BCUT2D eigenvalue weighted by Crippen LogP contribution is 2.06. The molecule has 0 aliphatic heterocycles. The van der Waals surface area contributed by atoms with Crippen molar-refractivity contribution in [3.8, 4) is 6.07 Å². The smallest absolute Gasteiger partial charge is 0.252 e. The van der Waals surface area contributed by atoms with E-state index >= 15 is 0 Å². The van der Waals surface area contributed by atoms with Crippen molar-refractivity contribution >= 4 is 5.91 Å². The number of nitrogens with zero attached hydrogens (tertiary/aromatic N) is 1. The van der Waals surface area contributed by atoms with Gasteiger partial charge in [0.25, 0.3) is 5.91 Å². The van der Waals surface area contributed by atoms with E-state index in [9.17, 15) is 4.79 Å². The number of nitriles is 1. The summed E-state index contributed by atoms with van der Waals surface area (Å²) in [6.45, 7) is 5.29. The van der Waals surface area contributed by atoms with E-state index in [4.69, 9.17) is 5.26 Å². The monoisotopic (exact) mass is 202 g/mol. The maximum Gasteiger partial charge on any atom is 0.252 e. The predicted octanol–water partition coefficient (Wildman–Crippen LogP) is 2.03. The molecule has 1 rings (SSSR count). The molecule has 78 valence electrons. The van der Waals surface area contributed by atoms with Gasteiger partial charge in [0, 0.05) is 5.56 Å². The van der Waals surface area contributed by atoms with Crippen molar-refractivity contribution in [2.24, 2.45) is 0 Å². The van der Waals surface area contributed by atoms with Crippen LogP contribution in [0.2, 0.25) is 0 Å². The minimum atomic E-state index is -0.831. The molecule has 3 nitrogen and oxygen atoms in total. The lowest BCUT2D eigenvalue weighted by Crippen LogP contribution is -2.42. The molecule has 15 heavy (non-hydrogen) atoms. The lowest BCUT2D eigenvalue weighted by Gasteiger charge is -2.17. The molecule has 1 aromatic carbocycles. The quantitative estimate of drug-likeness (QED) is 0.797. The topological polar surface area (TPSA) is 52.9 Å². The van der Waals surface area contributed by atoms with Gasteiger partial charge in [-0.3, -0.25) is 4.79 Å². The zero-order valence-electron chi connectivity index (χ0n) is 9.16. The first-order valence-corrected chi connectivity index (χ1v) is 4.75. The second-order valence-electron chi connectivity index (χ2n) is 4.06. The third kappa shape index (κ3) is 3.10. The molecule has 0 aliphatic carbocycles. The average molecular weight is 202 g/mol. The summed E-state index contributed by atoms with van der Waals surface area (Å²) in [5, 5.41) is 11.4. The van der Waals surface area contributed by atoms with Crippen LogP contribution in [-0.2, 0) is 0 Å². The number of carbonyl (C=O) groups is 1. The van der Waals surface area contributed by atoms with Gasteiger partial charge in [0.1, 0.15) is 5.54 Å². The molecule has 0 radical (unpaired) electrons. The Labute approximate surface area is 89.7 Å². The van der Waals surface area contributed by atoms with Crippen LogP contribution in [0.3, 0.4) is 0 Å². The Morgan fingerprint density at radius 2 is 1.87 bits per heavy atom. The summed E-state index contributed by atoms with van der Waals surface area (Å²) in [5.41, 5.74) is 0.845.